The van der Waals surface area contributed by atoms with E-state index in [-0.39, 0.29) is 16.5 Å². The van der Waals surface area contributed by atoms with Gasteiger partial charge in [-0.1, -0.05) is 18.2 Å². The molecule has 34 heavy (non-hydrogen) atoms. The first-order valence-electron chi connectivity index (χ1n) is 12.0. The van der Waals surface area contributed by atoms with Crippen molar-refractivity contribution in [1.29, 1.82) is 5.41 Å². The van der Waals surface area contributed by atoms with Gasteiger partial charge in [0.1, 0.15) is 0 Å². The van der Waals surface area contributed by atoms with E-state index < -0.39 is 0 Å². The third kappa shape index (κ3) is 3.22. The summed E-state index contributed by atoms with van der Waals surface area (Å²) >= 11 is 2.59. The molecule has 0 radical (unpaired) electrons. The van der Waals surface area contributed by atoms with Crippen LogP contribution in [0.25, 0.3) is 11.8 Å². The number of anilines is 1. The highest BCUT2D eigenvalue weighted by atomic mass is 32.2. The molecule has 3 heterocycles. The number of carbonyl (C=O) groups excluding carboxylic acids is 1. The predicted octanol–water partition coefficient (Wildman–Crippen LogP) is 5.85. The molecule has 4 aliphatic carbocycles. The maximum atomic E-state index is 13.3. The van der Waals surface area contributed by atoms with E-state index in [0.717, 1.165) is 34.7 Å². The van der Waals surface area contributed by atoms with Crippen molar-refractivity contribution in [3.8, 4) is 5.69 Å². The van der Waals surface area contributed by atoms with Crippen LogP contribution in [0, 0.1) is 23.2 Å². The lowest BCUT2D eigenvalue weighted by atomic mass is 9.48. The number of hydrogen-bond acceptors (Lipinski definition) is 6. The van der Waals surface area contributed by atoms with Gasteiger partial charge in [0.05, 0.1) is 16.3 Å². The lowest BCUT2D eigenvalue weighted by Crippen LogP contribution is -2.49. The van der Waals surface area contributed by atoms with E-state index in [2.05, 4.69) is 23.3 Å². The normalized spacial score (nSPS) is 31.2. The van der Waals surface area contributed by atoms with Gasteiger partial charge in [-0.15, -0.1) is 11.3 Å². The first kappa shape index (κ1) is 20.6. The smallest absolute Gasteiger partial charge is 0.273 e. The molecule has 3 aromatic rings. The molecule has 1 aromatic carbocycles. The Balaban J connectivity index is 1.33. The zero-order valence-electron chi connectivity index (χ0n) is 18.7. The van der Waals surface area contributed by atoms with E-state index in [1.165, 1.54) is 66.5 Å². The van der Waals surface area contributed by atoms with Gasteiger partial charge in [0, 0.05) is 28.8 Å². The average molecular weight is 488 g/mol. The van der Waals surface area contributed by atoms with Crippen LogP contribution in [0.4, 0.5) is 5.13 Å². The van der Waals surface area contributed by atoms with E-state index in [0.29, 0.717) is 10.0 Å². The molecule has 4 bridgehead atoms. The monoisotopic (exact) mass is 487 g/mol. The van der Waals surface area contributed by atoms with Crippen LogP contribution in [0.15, 0.2) is 53.0 Å². The van der Waals surface area contributed by atoms with Crippen LogP contribution in [0.1, 0.15) is 49.8 Å². The second-order valence-electron chi connectivity index (χ2n) is 10.3. The van der Waals surface area contributed by atoms with Gasteiger partial charge >= 0.3 is 0 Å². The number of nitrogens with zero attached hydrogens (tertiary/aromatic N) is 4. The fraction of sp³-hybridized carbons (Fsp3) is 0.385. The van der Waals surface area contributed by atoms with Crippen LogP contribution >= 0.6 is 23.1 Å². The second-order valence-corrected chi connectivity index (χ2v) is 12.2. The summed E-state index contributed by atoms with van der Waals surface area (Å²) in [5.74, 6) is 2.26. The van der Waals surface area contributed by atoms with Crippen LogP contribution < -0.4 is 4.90 Å². The number of thiazole rings is 1. The fourth-order valence-corrected chi connectivity index (χ4v) is 8.68. The largest absolute Gasteiger partial charge is 0.278 e. The summed E-state index contributed by atoms with van der Waals surface area (Å²) in [4.78, 5) is 19.5. The first-order valence-corrected chi connectivity index (χ1v) is 13.7. The standard InChI is InChI=1S/C26H25N5OS2/c27-24-31(25-28-6-7-33-25)23(32)21(34-24)11-19-15-30(20-4-2-1-3-5-20)29-22(19)26-12-16-8-17(13-26)10-18(9-16)14-26/h1-7,11,15-18,27H,8-10,12-14H2. The van der Waals surface area contributed by atoms with Crippen molar-refractivity contribution in [3.63, 3.8) is 0 Å². The summed E-state index contributed by atoms with van der Waals surface area (Å²) in [6, 6.07) is 10.2. The van der Waals surface area contributed by atoms with Crippen LogP contribution in [0.3, 0.4) is 0 Å². The van der Waals surface area contributed by atoms with Crippen molar-refractivity contribution in [3.05, 3.63) is 64.3 Å². The SMILES string of the molecule is N=C1SC(=Cc2cn(-c3ccccc3)nc2C23CC4CC(CC(C4)C2)C3)C(=O)N1c1nccs1. The van der Waals surface area contributed by atoms with Crippen molar-refractivity contribution in [2.75, 3.05) is 4.90 Å². The van der Waals surface area contributed by atoms with E-state index in [1.54, 1.807) is 6.20 Å². The summed E-state index contributed by atoms with van der Waals surface area (Å²) in [7, 11) is 0. The zero-order chi connectivity index (χ0) is 22.9. The molecular formula is C26H25N5OS2. The molecule has 1 amide bonds. The Morgan fingerprint density at radius 2 is 1.76 bits per heavy atom. The molecule has 8 rings (SSSR count). The number of thioether (sulfide) groups is 1. The number of nitrogens with one attached hydrogen (secondary N) is 1. The highest BCUT2D eigenvalue weighted by Crippen LogP contribution is 2.61. The number of carbonyl (C=O) groups is 1. The van der Waals surface area contributed by atoms with Crippen molar-refractivity contribution < 1.29 is 4.79 Å². The van der Waals surface area contributed by atoms with Gasteiger partial charge in [-0.2, -0.15) is 5.10 Å². The minimum Gasteiger partial charge on any atom is -0.278 e. The van der Waals surface area contributed by atoms with Crippen molar-refractivity contribution in [2.24, 2.45) is 17.8 Å². The predicted molar refractivity (Wildman–Crippen MR) is 136 cm³/mol. The molecule has 0 spiro atoms. The number of benzene rings is 1. The van der Waals surface area contributed by atoms with Crippen molar-refractivity contribution >= 4 is 45.4 Å². The maximum Gasteiger partial charge on any atom is 0.273 e. The van der Waals surface area contributed by atoms with Crippen LogP contribution in [-0.2, 0) is 10.2 Å². The topological polar surface area (TPSA) is 74.9 Å². The number of amides is 1. The molecule has 2 aromatic heterocycles. The Bertz CT molecular complexity index is 1270. The van der Waals surface area contributed by atoms with Crippen molar-refractivity contribution in [1.82, 2.24) is 14.8 Å². The number of hydrogen-bond donors (Lipinski definition) is 1. The molecular weight excluding hydrogens is 462 g/mol. The van der Waals surface area contributed by atoms with Gasteiger partial charge in [0.15, 0.2) is 10.3 Å². The summed E-state index contributed by atoms with van der Waals surface area (Å²) in [6.07, 6.45) is 13.5. The van der Waals surface area contributed by atoms with Gasteiger partial charge in [0.25, 0.3) is 5.91 Å². The Morgan fingerprint density at radius 3 is 2.41 bits per heavy atom. The quantitative estimate of drug-likeness (QED) is 0.468. The van der Waals surface area contributed by atoms with E-state index >= 15 is 0 Å². The summed E-state index contributed by atoms with van der Waals surface area (Å²) < 4.78 is 1.98. The number of rotatable bonds is 4. The van der Waals surface area contributed by atoms with Crippen LogP contribution in [0.5, 0.6) is 0 Å². The number of aromatic nitrogens is 3. The van der Waals surface area contributed by atoms with Gasteiger partial charge in [-0.25, -0.2) is 14.6 Å². The van der Waals surface area contributed by atoms with Crippen LogP contribution in [0.2, 0.25) is 0 Å². The molecule has 6 nitrogen and oxygen atoms in total. The van der Waals surface area contributed by atoms with E-state index in [9.17, 15) is 4.79 Å². The molecule has 5 aliphatic rings. The molecule has 1 N–H and O–H groups in total. The second kappa shape index (κ2) is 7.65. The molecule has 0 unspecified atom stereocenters. The van der Waals surface area contributed by atoms with Gasteiger partial charge in [-0.3, -0.25) is 10.2 Å². The Morgan fingerprint density at radius 1 is 1.06 bits per heavy atom. The Labute approximate surface area is 206 Å². The molecule has 8 heteroatoms. The van der Waals surface area contributed by atoms with Gasteiger partial charge < -0.3 is 0 Å². The third-order valence-electron chi connectivity index (χ3n) is 8.02. The van der Waals surface area contributed by atoms with Gasteiger partial charge in [0.2, 0.25) is 0 Å². The maximum absolute atomic E-state index is 13.3. The highest BCUT2D eigenvalue weighted by Gasteiger charge is 2.53. The molecule has 172 valence electrons. The minimum atomic E-state index is -0.172. The Kier molecular flexibility index (Phi) is 4.64. The summed E-state index contributed by atoms with van der Waals surface area (Å²) in [5, 5.41) is 16.2. The number of para-hydroxylation sites is 1. The first-order chi connectivity index (χ1) is 16.6. The highest BCUT2D eigenvalue weighted by molar-refractivity contribution is 8.19. The van der Waals surface area contributed by atoms with E-state index in [1.807, 2.05) is 34.3 Å². The van der Waals surface area contributed by atoms with Crippen molar-refractivity contribution in [2.45, 2.75) is 43.9 Å². The molecule has 0 atom stereocenters. The lowest BCUT2D eigenvalue weighted by molar-refractivity contribution is -0.113. The van der Waals surface area contributed by atoms with E-state index in [4.69, 9.17) is 10.5 Å². The lowest BCUT2D eigenvalue weighted by Gasteiger charge is -2.56. The minimum absolute atomic E-state index is 0.107. The fourth-order valence-electron chi connectivity index (χ4n) is 7.15. The number of amidine groups is 1. The molecule has 4 saturated carbocycles. The molecule has 1 saturated heterocycles. The average Bonchev–Trinajstić information content (AvgIpc) is 3.54. The zero-order valence-corrected chi connectivity index (χ0v) is 20.3. The van der Waals surface area contributed by atoms with Gasteiger partial charge in [-0.05, 0) is 86.2 Å². The Hall–Kier alpha value is -2.71. The summed E-state index contributed by atoms with van der Waals surface area (Å²) in [5.41, 5.74) is 3.31. The molecule has 1 aliphatic heterocycles. The molecule has 5 fully saturated rings. The third-order valence-corrected chi connectivity index (χ3v) is 9.67. The van der Waals surface area contributed by atoms with Crippen LogP contribution in [-0.4, -0.2) is 25.8 Å². The summed E-state index contributed by atoms with van der Waals surface area (Å²) in [6.45, 7) is 0.